The van der Waals surface area contributed by atoms with Crippen molar-refractivity contribution < 1.29 is 14.3 Å². The number of hydrogen-bond donors (Lipinski definition) is 2. The molecular formula is C21H26N2O3. The molecule has 1 saturated heterocycles. The van der Waals surface area contributed by atoms with Crippen molar-refractivity contribution in [2.75, 3.05) is 31.6 Å². The van der Waals surface area contributed by atoms with Gasteiger partial charge < -0.3 is 20.1 Å². The second kappa shape index (κ2) is 9.36. The van der Waals surface area contributed by atoms with Gasteiger partial charge in [-0.15, -0.1) is 0 Å². The molecular weight excluding hydrogens is 328 g/mol. The van der Waals surface area contributed by atoms with E-state index in [-0.39, 0.29) is 11.8 Å². The molecule has 1 atom stereocenters. The van der Waals surface area contributed by atoms with Crippen LogP contribution in [0.15, 0.2) is 54.6 Å². The summed E-state index contributed by atoms with van der Waals surface area (Å²) in [7, 11) is 0. The Hall–Kier alpha value is -2.37. The van der Waals surface area contributed by atoms with E-state index in [9.17, 15) is 4.79 Å². The second-order valence-corrected chi connectivity index (χ2v) is 6.61. The third-order valence-electron chi connectivity index (χ3n) is 4.64. The van der Waals surface area contributed by atoms with Crippen LogP contribution >= 0.6 is 0 Å². The summed E-state index contributed by atoms with van der Waals surface area (Å²) in [4.78, 5) is 12.3. The van der Waals surface area contributed by atoms with Gasteiger partial charge >= 0.3 is 0 Å². The maximum atomic E-state index is 12.3. The molecule has 1 unspecified atom stereocenters. The first-order chi connectivity index (χ1) is 12.7. The number of carbonyl (C=O) groups is 1. The van der Waals surface area contributed by atoms with Crippen LogP contribution in [0.3, 0.4) is 0 Å². The number of carbonyl (C=O) groups excluding carboxylic acids is 1. The molecule has 0 radical (unpaired) electrons. The van der Waals surface area contributed by atoms with Crippen molar-refractivity contribution in [1.82, 2.24) is 5.32 Å². The summed E-state index contributed by atoms with van der Waals surface area (Å²) in [6.07, 6.45) is 0. The minimum atomic E-state index is 0.0197. The third-order valence-corrected chi connectivity index (χ3v) is 4.64. The van der Waals surface area contributed by atoms with Gasteiger partial charge in [-0.1, -0.05) is 37.3 Å². The molecule has 2 N–H and O–H groups in total. The SMILES string of the molecule is CC(C(=O)Nc1cccc(COCCOc2ccccc2)c1)C1CNC1. The van der Waals surface area contributed by atoms with Crippen molar-refractivity contribution in [2.45, 2.75) is 13.5 Å². The minimum absolute atomic E-state index is 0.0197. The van der Waals surface area contributed by atoms with Crippen LogP contribution in [0.25, 0.3) is 0 Å². The summed E-state index contributed by atoms with van der Waals surface area (Å²) in [6, 6.07) is 17.5. The predicted octanol–water partition coefficient (Wildman–Crippen LogP) is 3.08. The molecule has 0 bridgehead atoms. The first kappa shape index (κ1) is 18.4. The highest BCUT2D eigenvalue weighted by Gasteiger charge is 2.28. The highest BCUT2D eigenvalue weighted by atomic mass is 16.5. The zero-order chi connectivity index (χ0) is 18.2. The molecule has 1 aliphatic heterocycles. The topological polar surface area (TPSA) is 59.6 Å². The van der Waals surface area contributed by atoms with Crippen molar-refractivity contribution in [3.05, 3.63) is 60.2 Å². The van der Waals surface area contributed by atoms with Crippen molar-refractivity contribution >= 4 is 11.6 Å². The van der Waals surface area contributed by atoms with Gasteiger partial charge in [0, 0.05) is 11.6 Å². The number of rotatable bonds is 9. The molecule has 1 amide bonds. The van der Waals surface area contributed by atoms with E-state index in [1.807, 2.05) is 61.5 Å². The summed E-state index contributed by atoms with van der Waals surface area (Å²) in [6.45, 7) is 5.34. The predicted molar refractivity (Wildman–Crippen MR) is 102 cm³/mol. The van der Waals surface area contributed by atoms with E-state index in [4.69, 9.17) is 9.47 Å². The van der Waals surface area contributed by atoms with Gasteiger partial charge in [0.1, 0.15) is 12.4 Å². The van der Waals surface area contributed by atoms with Crippen LogP contribution in [0, 0.1) is 11.8 Å². The van der Waals surface area contributed by atoms with Crippen molar-refractivity contribution in [3.63, 3.8) is 0 Å². The quantitative estimate of drug-likeness (QED) is 0.680. The summed E-state index contributed by atoms with van der Waals surface area (Å²) < 4.78 is 11.3. The number of hydrogen-bond acceptors (Lipinski definition) is 4. The monoisotopic (exact) mass is 354 g/mol. The largest absolute Gasteiger partial charge is 0.491 e. The number of anilines is 1. The van der Waals surface area contributed by atoms with Crippen LogP contribution in [-0.2, 0) is 16.1 Å². The van der Waals surface area contributed by atoms with Crippen LogP contribution in [-0.4, -0.2) is 32.2 Å². The lowest BCUT2D eigenvalue weighted by Crippen LogP contribution is -2.48. The Morgan fingerprint density at radius 2 is 1.96 bits per heavy atom. The van der Waals surface area contributed by atoms with Gasteiger partial charge in [-0.3, -0.25) is 4.79 Å². The normalized spacial score (nSPS) is 15.1. The molecule has 0 aromatic heterocycles. The zero-order valence-corrected chi connectivity index (χ0v) is 15.1. The number of nitrogens with one attached hydrogen (secondary N) is 2. The fourth-order valence-corrected chi connectivity index (χ4v) is 2.80. The van der Waals surface area contributed by atoms with E-state index in [0.29, 0.717) is 25.7 Å². The lowest BCUT2D eigenvalue weighted by molar-refractivity contribution is -0.121. The Kier molecular flexibility index (Phi) is 6.63. The fourth-order valence-electron chi connectivity index (χ4n) is 2.80. The average molecular weight is 354 g/mol. The van der Waals surface area contributed by atoms with Gasteiger partial charge in [-0.25, -0.2) is 0 Å². The molecule has 5 nitrogen and oxygen atoms in total. The van der Waals surface area contributed by atoms with Gasteiger partial charge in [0.15, 0.2) is 0 Å². The first-order valence-corrected chi connectivity index (χ1v) is 9.08. The van der Waals surface area contributed by atoms with E-state index >= 15 is 0 Å². The molecule has 3 rings (SSSR count). The van der Waals surface area contributed by atoms with Gasteiger partial charge in [-0.2, -0.15) is 0 Å². The highest BCUT2D eigenvalue weighted by Crippen LogP contribution is 2.19. The number of amides is 1. The Bertz CT molecular complexity index is 701. The van der Waals surface area contributed by atoms with E-state index < -0.39 is 0 Å². The van der Waals surface area contributed by atoms with Crippen molar-refractivity contribution in [1.29, 1.82) is 0 Å². The van der Waals surface area contributed by atoms with E-state index in [2.05, 4.69) is 10.6 Å². The number of benzene rings is 2. The Morgan fingerprint density at radius 1 is 1.15 bits per heavy atom. The van der Waals surface area contributed by atoms with Crippen LogP contribution in [0.4, 0.5) is 5.69 Å². The van der Waals surface area contributed by atoms with Crippen molar-refractivity contribution in [3.8, 4) is 5.75 Å². The average Bonchev–Trinajstić information content (AvgIpc) is 2.61. The highest BCUT2D eigenvalue weighted by molar-refractivity contribution is 5.92. The van der Waals surface area contributed by atoms with Crippen LogP contribution in [0.5, 0.6) is 5.75 Å². The fraction of sp³-hybridized carbons (Fsp3) is 0.381. The second-order valence-electron chi connectivity index (χ2n) is 6.61. The van der Waals surface area contributed by atoms with Crippen LogP contribution < -0.4 is 15.4 Å². The molecule has 0 spiro atoms. The molecule has 2 aromatic carbocycles. The molecule has 138 valence electrons. The van der Waals surface area contributed by atoms with Gasteiger partial charge in [0.25, 0.3) is 0 Å². The summed E-state index contributed by atoms with van der Waals surface area (Å²) in [5.41, 5.74) is 1.84. The maximum absolute atomic E-state index is 12.3. The first-order valence-electron chi connectivity index (χ1n) is 9.08. The molecule has 2 aromatic rings. The van der Waals surface area contributed by atoms with Crippen molar-refractivity contribution in [2.24, 2.45) is 11.8 Å². The van der Waals surface area contributed by atoms with E-state index in [0.717, 1.165) is 30.1 Å². The summed E-state index contributed by atoms with van der Waals surface area (Å²) in [5, 5.41) is 6.21. The summed E-state index contributed by atoms with van der Waals surface area (Å²) in [5.74, 6) is 1.37. The third kappa shape index (κ3) is 5.31. The lowest BCUT2D eigenvalue weighted by Gasteiger charge is -2.31. The maximum Gasteiger partial charge on any atom is 0.227 e. The van der Waals surface area contributed by atoms with E-state index in [1.165, 1.54) is 0 Å². The Morgan fingerprint density at radius 3 is 2.69 bits per heavy atom. The molecule has 1 aliphatic rings. The molecule has 1 fully saturated rings. The Labute approximate surface area is 154 Å². The molecule has 26 heavy (non-hydrogen) atoms. The summed E-state index contributed by atoms with van der Waals surface area (Å²) >= 11 is 0. The molecule has 1 heterocycles. The van der Waals surface area contributed by atoms with Crippen LogP contribution in [0.1, 0.15) is 12.5 Å². The Balaban J connectivity index is 1.40. The number of ether oxygens (including phenoxy) is 2. The van der Waals surface area contributed by atoms with Gasteiger partial charge in [0.2, 0.25) is 5.91 Å². The molecule has 0 aliphatic carbocycles. The molecule has 5 heteroatoms. The number of para-hydroxylation sites is 1. The smallest absolute Gasteiger partial charge is 0.227 e. The lowest BCUT2D eigenvalue weighted by atomic mass is 9.88. The minimum Gasteiger partial charge on any atom is -0.491 e. The zero-order valence-electron chi connectivity index (χ0n) is 15.1. The standard InChI is InChI=1S/C21H26N2O3/c1-16(18-13-22-14-18)21(24)23-19-7-5-6-17(12-19)15-25-10-11-26-20-8-3-2-4-9-20/h2-9,12,16,18,22H,10-11,13-15H2,1H3,(H,23,24). The molecule has 0 saturated carbocycles. The van der Waals surface area contributed by atoms with E-state index in [1.54, 1.807) is 0 Å². The van der Waals surface area contributed by atoms with Gasteiger partial charge in [-0.05, 0) is 48.8 Å². The van der Waals surface area contributed by atoms with Crippen LogP contribution in [0.2, 0.25) is 0 Å². The van der Waals surface area contributed by atoms with Gasteiger partial charge in [0.05, 0.1) is 13.2 Å².